The summed E-state index contributed by atoms with van der Waals surface area (Å²) in [5, 5.41) is 3.31. The van der Waals surface area contributed by atoms with Gasteiger partial charge in [0.2, 0.25) is 13.1 Å². The highest BCUT2D eigenvalue weighted by atomic mass is 32.1. The van der Waals surface area contributed by atoms with E-state index in [4.69, 9.17) is 19.0 Å². The molecule has 2 aliphatic heterocycles. The Hall–Kier alpha value is -2.09. The van der Waals surface area contributed by atoms with Crippen LogP contribution in [0.2, 0.25) is 0 Å². The zero-order valence-corrected chi connectivity index (χ0v) is 13.2. The Morgan fingerprint density at radius 1 is 1.26 bits per heavy atom. The molecule has 7 heteroatoms. The SMILES string of the molecule is CC1CN(C(=O)c2ccc3c(c2)OCO3)OC(c2cccs2)O1. The molecule has 120 valence electrons. The minimum absolute atomic E-state index is 0.117. The van der Waals surface area contributed by atoms with Gasteiger partial charge in [-0.25, -0.2) is 9.90 Å². The van der Waals surface area contributed by atoms with E-state index in [9.17, 15) is 4.79 Å². The Kier molecular flexibility index (Phi) is 3.68. The number of rotatable bonds is 2. The second-order valence-electron chi connectivity index (χ2n) is 5.33. The molecule has 0 spiro atoms. The number of carbonyl (C=O) groups is 1. The first-order chi connectivity index (χ1) is 11.2. The maximum Gasteiger partial charge on any atom is 0.277 e. The molecule has 1 aromatic carbocycles. The summed E-state index contributed by atoms with van der Waals surface area (Å²) < 4.78 is 16.4. The second-order valence-corrected chi connectivity index (χ2v) is 6.31. The molecule has 2 aliphatic rings. The largest absolute Gasteiger partial charge is 0.454 e. The Morgan fingerprint density at radius 2 is 2.13 bits per heavy atom. The van der Waals surface area contributed by atoms with Gasteiger partial charge in [0.05, 0.1) is 17.5 Å². The van der Waals surface area contributed by atoms with Gasteiger partial charge in [-0.1, -0.05) is 6.07 Å². The molecule has 0 saturated carbocycles. The molecule has 0 radical (unpaired) electrons. The van der Waals surface area contributed by atoms with E-state index in [1.807, 2.05) is 24.4 Å². The molecule has 6 nitrogen and oxygen atoms in total. The number of ether oxygens (including phenoxy) is 3. The average Bonchev–Trinajstić information content (AvgIpc) is 3.24. The van der Waals surface area contributed by atoms with E-state index in [0.717, 1.165) is 4.88 Å². The fourth-order valence-corrected chi connectivity index (χ4v) is 3.20. The van der Waals surface area contributed by atoms with E-state index >= 15 is 0 Å². The molecule has 1 saturated heterocycles. The number of carbonyl (C=O) groups excluding carboxylic acids is 1. The van der Waals surface area contributed by atoms with Gasteiger partial charge in [-0.3, -0.25) is 4.79 Å². The van der Waals surface area contributed by atoms with Crippen molar-refractivity contribution in [2.24, 2.45) is 0 Å². The number of thiophene rings is 1. The molecule has 2 atom stereocenters. The minimum Gasteiger partial charge on any atom is -0.454 e. The van der Waals surface area contributed by atoms with E-state index in [-0.39, 0.29) is 18.8 Å². The van der Waals surface area contributed by atoms with Crippen LogP contribution in [0.25, 0.3) is 0 Å². The summed E-state index contributed by atoms with van der Waals surface area (Å²) in [5.74, 6) is 1.00. The first kappa shape index (κ1) is 14.5. The third-order valence-electron chi connectivity index (χ3n) is 3.62. The molecule has 23 heavy (non-hydrogen) atoms. The Labute approximate surface area is 137 Å². The summed E-state index contributed by atoms with van der Waals surface area (Å²) in [6, 6.07) is 8.97. The summed E-state index contributed by atoms with van der Waals surface area (Å²) in [7, 11) is 0. The average molecular weight is 333 g/mol. The molecule has 1 fully saturated rings. The zero-order chi connectivity index (χ0) is 15.8. The van der Waals surface area contributed by atoms with Gasteiger partial charge in [0, 0.05) is 5.56 Å². The van der Waals surface area contributed by atoms with Crippen molar-refractivity contribution in [2.45, 2.75) is 19.3 Å². The van der Waals surface area contributed by atoms with Crippen LogP contribution in [0.4, 0.5) is 0 Å². The van der Waals surface area contributed by atoms with Crippen LogP contribution in [-0.4, -0.2) is 30.4 Å². The smallest absolute Gasteiger partial charge is 0.277 e. The maximum absolute atomic E-state index is 12.7. The molecule has 0 aliphatic carbocycles. The summed E-state index contributed by atoms with van der Waals surface area (Å²) in [6.07, 6.45) is -0.675. The van der Waals surface area contributed by atoms with Crippen molar-refractivity contribution in [3.63, 3.8) is 0 Å². The number of nitrogens with zero attached hydrogens (tertiary/aromatic N) is 1. The molecule has 0 bridgehead atoms. The van der Waals surface area contributed by atoms with E-state index in [2.05, 4.69) is 0 Å². The lowest BCUT2D eigenvalue weighted by Crippen LogP contribution is -2.44. The van der Waals surface area contributed by atoms with Crippen LogP contribution >= 0.6 is 11.3 Å². The number of hydroxylamine groups is 2. The molecular formula is C16H15NO5S. The zero-order valence-electron chi connectivity index (χ0n) is 12.4. The molecule has 4 rings (SSSR count). The lowest BCUT2D eigenvalue weighted by atomic mass is 10.2. The topological polar surface area (TPSA) is 57.2 Å². The minimum atomic E-state index is -0.559. The molecular weight excluding hydrogens is 318 g/mol. The highest BCUT2D eigenvalue weighted by Gasteiger charge is 2.32. The first-order valence-corrected chi connectivity index (χ1v) is 8.16. The summed E-state index contributed by atoms with van der Waals surface area (Å²) in [6.45, 7) is 2.47. The van der Waals surface area contributed by atoms with Gasteiger partial charge in [-0.2, -0.15) is 0 Å². The molecule has 1 amide bonds. The van der Waals surface area contributed by atoms with Gasteiger partial charge in [0.15, 0.2) is 11.5 Å². The van der Waals surface area contributed by atoms with Crippen LogP contribution in [0.15, 0.2) is 35.7 Å². The van der Waals surface area contributed by atoms with Crippen molar-refractivity contribution in [1.29, 1.82) is 0 Å². The van der Waals surface area contributed by atoms with Crippen LogP contribution in [-0.2, 0) is 9.57 Å². The van der Waals surface area contributed by atoms with Crippen LogP contribution in [0.1, 0.15) is 28.4 Å². The quantitative estimate of drug-likeness (QED) is 0.846. The third kappa shape index (κ3) is 2.78. The number of fused-ring (bicyclic) bond motifs is 1. The maximum atomic E-state index is 12.7. The van der Waals surface area contributed by atoms with E-state index in [1.54, 1.807) is 18.2 Å². The van der Waals surface area contributed by atoms with Crippen molar-refractivity contribution in [3.05, 3.63) is 46.2 Å². The Morgan fingerprint density at radius 3 is 2.96 bits per heavy atom. The molecule has 0 N–H and O–H groups in total. The second kappa shape index (κ2) is 5.84. The first-order valence-electron chi connectivity index (χ1n) is 7.28. The lowest BCUT2D eigenvalue weighted by molar-refractivity contribution is -0.319. The predicted octanol–water partition coefficient (Wildman–Crippen LogP) is 2.97. The van der Waals surface area contributed by atoms with Gasteiger partial charge in [0.25, 0.3) is 5.91 Å². The lowest BCUT2D eigenvalue weighted by Gasteiger charge is -2.35. The fraction of sp³-hybridized carbons (Fsp3) is 0.312. The van der Waals surface area contributed by atoms with Gasteiger partial charge < -0.3 is 14.2 Å². The van der Waals surface area contributed by atoms with E-state index in [0.29, 0.717) is 23.6 Å². The van der Waals surface area contributed by atoms with Crippen molar-refractivity contribution < 1.29 is 23.8 Å². The van der Waals surface area contributed by atoms with Gasteiger partial charge in [-0.05, 0) is 36.6 Å². The summed E-state index contributed by atoms with van der Waals surface area (Å²) in [5.41, 5.74) is 0.494. The Bertz CT molecular complexity index is 717. The number of amides is 1. The van der Waals surface area contributed by atoms with E-state index < -0.39 is 6.29 Å². The van der Waals surface area contributed by atoms with Crippen LogP contribution in [0.3, 0.4) is 0 Å². The van der Waals surface area contributed by atoms with Crippen molar-refractivity contribution in [3.8, 4) is 11.5 Å². The third-order valence-corrected chi connectivity index (χ3v) is 4.52. The van der Waals surface area contributed by atoms with Gasteiger partial charge >= 0.3 is 0 Å². The van der Waals surface area contributed by atoms with Crippen molar-refractivity contribution in [1.82, 2.24) is 5.06 Å². The predicted molar refractivity (Wildman–Crippen MR) is 82.3 cm³/mol. The number of hydrogen-bond donors (Lipinski definition) is 0. The van der Waals surface area contributed by atoms with Gasteiger partial charge in [-0.15, -0.1) is 11.3 Å². The van der Waals surface area contributed by atoms with Gasteiger partial charge in [0.1, 0.15) is 0 Å². The van der Waals surface area contributed by atoms with Crippen molar-refractivity contribution >= 4 is 17.2 Å². The molecule has 2 unspecified atom stereocenters. The number of benzene rings is 1. The van der Waals surface area contributed by atoms with E-state index in [1.165, 1.54) is 16.4 Å². The molecule has 1 aromatic heterocycles. The highest BCUT2D eigenvalue weighted by molar-refractivity contribution is 7.10. The highest BCUT2D eigenvalue weighted by Crippen LogP contribution is 2.34. The molecule has 2 aromatic rings. The summed E-state index contributed by atoms with van der Waals surface area (Å²) >= 11 is 1.53. The van der Waals surface area contributed by atoms with Crippen LogP contribution in [0.5, 0.6) is 11.5 Å². The molecule has 3 heterocycles. The van der Waals surface area contributed by atoms with Crippen LogP contribution in [0, 0.1) is 0 Å². The van der Waals surface area contributed by atoms with Crippen molar-refractivity contribution in [2.75, 3.05) is 13.3 Å². The monoisotopic (exact) mass is 333 g/mol. The normalized spacial score (nSPS) is 23.1. The number of hydrogen-bond acceptors (Lipinski definition) is 6. The summed E-state index contributed by atoms with van der Waals surface area (Å²) in [4.78, 5) is 19.4. The fourth-order valence-electron chi connectivity index (χ4n) is 2.52. The Balaban J connectivity index is 1.55. The standard InChI is InChI=1S/C16H15NO5S/c1-10-8-17(22-16(21-10)14-3-2-6-23-14)15(18)11-4-5-12-13(7-11)20-9-19-12/h2-7,10,16H,8-9H2,1H3. The van der Waals surface area contributed by atoms with Crippen LogP contribution < -0.4 is 9.47 Å².